The van der Waals surface area contributed by atoms with Gasteiger partial charge in [0.2, 0.25) is 0 Å². The van der Waals surface area contributed by atoms with Crippen LogP contribution in [0.5, 0.6) is 5.75 Å². The summed E-state index contributed by atoms with van der Waals surface area (Å²) >= 11 is 1.54. The lowest BCUT2D eigenvalue weighted by Gasteiger charge is -2.04. The van der Waals surface area contributed by atoms with Crippen molar-refractivity contribution in [1.82, 2.24) is 4.57 Å². The van der Waals surface area contributed by atoms with E-state index in [1.165, 1.54) is 11.1 Å². The molecule has 0 fully saturated rings. The summed E-state index contributed by atoms with van der Waals surface area (Å²) in [6.45, 7) is 6.97. The molecule has 1 aromatic heterocycles. The number of thiazole rings is 1. The minimum atomic E-state index is -0.277. The molecule has 0 atom stereocenters. The van der Waals surface area contributed by atoms with Crippen molar-refractivity contribution in [3.63, 3.8) is 0 Å². The van der Waals surface area contributed by atoms with Gasteiger partial charge in [-0.05, 0) is 56.2 Å². The summed E-state index contributed by atoms with van der Waals surface area (Å²) in [6, 6.07) is 13.6. The first kappa shape index (κ1) is 16.5. The molecule has 0 aliphatic heterocycles. The fourth-order valence-corrected chi connectivity index (χ4v) is 3.70. The van der Waals surface area contributed by atoms with Crippen molar-refractivity contribution in [2.45, 2.75) is 27.3 Å². The topological polar surface area (TPSA) is 43.6 Å². The van der Waals surface area contributed by atoms with E-state index < -0.39 is 0 Å². The van der Waals surface area contributed by atoms with E-state index in [9.17, 15) is 4.79 Å². The average molecular weight is 340 g/mol. The summed E-state index contributed by atoms with van der Waals surface area (Å²) in [7, 11) is 0. The van der Waals surface area contributed by atoms with Gasteiger partial charge in [0.1, 0.15) is 5.75 Å². The molecule has 2 aromatic carbocycles. The average Bonchev–Trinajstić information content (AvgIpc) is 2.90. The highest BCUT2D eigenvalue weighted by Crippen LogP contribution is 2.21. The number of amides is 1. The Morgan fingerprint density at radius 3 is 2.58 bits per heavy atom. The van der Waals surface area contributed by atoms with Crippen LogP contribution in [0.2, 0.25) is 0 Å². The number of rotatable bonds is 4. The largest absolute Gasteiger partial charge is 0.484 e. The van der Waals surface area contributed by atoms with Crippen LogP contribution in [0, 0.1) is 13.8 Å². The van der Waals surface area contributed by atoms with Gasteiger partial charge < -0.3 is 9.30 Å². The number of para-hydroxylation sites is 1. The van der Waals surface area contributed by atoms with Crippen LogP contribution in [-0.2, 0) is 11.3 Å². The Morgan fingerprint density at radius 1 is 1.17 bits per heavy atom. The fourth-order valence-electron chi connectivity index (χ4n) is 2.51. The zero-order valence-electron chi connectivity index (χ0n) is 14.1. The van der Waals surface area contributed by atoms with Crippen LogP contribution in [-0.4, -0.2) is 17.1 Å². The van der Waals surface area contributed by atoms with Crippen LogP contribution in [0.15, 0.2) is 47.5 Å². The van der Waals surface area contributed by atoms with Crippen LogP contribution in [0.1, 0.15) is 18.1 Å². The van der Waals surface area contributed by atoms with Crippen molar-refractivity contribution in [1.29, 1.82) is 0 Å². The first-order valence-corrected chi connectivity index (χ1v) is 8.76. The quantitative estimate of drug-likeness (QED) is 0.724. The van der Waals surface area contributed by atoms with Crippen molar-refractivity contribution in [2.24, 2.45) is 4.99 Å². The molecule has 0 bridgehead atoms. The SMILES string of the molecule is CCn1c(=NC(=O)COc2ccccc2)sc2cc(C)c(C)cc21. The Kier molecular flexibility index (Phi) is 4.81. The Labute approximate surface area is 145 Å². The van der Waals surface area contributed by atoms with E-state index in [0.29, 0.717) is 5.75 Å². The van der Waals surface area contributed by atoms with E-state index in [0.717, 1.165) is 21.6 Å². The van der Waals surface area contributed by atoms with E-state index in [4.69, 9.17) is 4.74 Å². The number of hydrogen-bond donors (Lipinski definition) is 0. The van der Waals surface area contributed by atoms with Crippen LogP contribution in [0.4, 0.5) is 0 Å². The molecular weight excluding hydrogens is 320 g/mol. The molecule has 0 saturated carbocycles. The van der Waals surface area contributed by atoms with E-state index in [-0.39, 0.29) is 12.5 Å². The van der Waals surface area contributed by atoms with Crippen LogP contribution < -0.4 is 9.54 Å². The second-order valence-corrected chi connectivity index (χ2v) is 6.65. The van der Waals surface area contributed by atoms with Crippen LogP contribution in [0.25, 0.3) is 10.2 Å². The molecule has 0 aliphatic rings. The third kappa shape index (κ3) is 3.41. The summed E-state index contributed by atoms with van der Waals surface area (Å²) in [5, 5.41) is 0. The highest BCUT2D eigenvalue weighted by molar-refractivity contribution is 7.16. The molecule has 0 radical (unpaired) electrons. The smallest absolute Gasteiger partial charge is 0.286 e. The zero-order valence-corrected chi connectivity index (χ0v) is 14.9. The molecule has 1 heterocycles. The number of nitrogens with zero attached hydrogens (tertiary/aromatic N) is 2. The predicted octanol–water partition coefficient (Wildman–Crippen LogP) is 3.85. The number of ether oxygens (including phenoxy) is 1. The van der Waals surface area contributed by atoms with Crippen LogP contribution >= 0.6 is 11.3 Å². The molecule has 3 aromatic rings. The van der Waals surface area contributed by atoms with E-state index in [2.05, 4.69) is 42.5 Å². The third-order valence-electron chi connectivity index (χ3n) is 3.94. The van der Waals surface area contributed by atoms with Crippen molar-refractivity contribution in [2.75, 3.05) is 6.61 Å². The number of aryl methyl sites for hydroxylation is 3. The third-order valence-corrected chi connectivity index (χ3v) is 4.98. The monoisotopic (exact) mass is 340 g/mol. The van der Waals surface area contributed by atoms with Gasteiger partial charge in [0.05, 0.1) is 10.2 Å². The highest BCUT2D eigenvalue weighted by atomic mass is 32.1. The van der Waals surface area contributed by atoms with Gasteiger partial charge in [0, 0.05) is 6.54 Å². The van der Waals surface area contributed by atoms with Crippen LogP contribution in [0.3, 0.4) is 0 Å². The van der Waals surface area contributed by atoms with Gasteiger partial charge in [-0.1, -0.05) is 29.5 Å². The lowest BCUT2D eigenvalue weighted by molar-refractivity contribution is -0.120. The molecule has 24 heavy (non-hydrogen) atoms. The highest BCUT2D eigenvalue weighted by Gasteiger charge is 2.09. The molecule has 0 unspecified atom stereocenters. The first-order chi connectivity index (χ1) is 11.6. The van der Waals surface area contributed by atoms with Gasteiger partial charge in [-0.25, -0.2) is 0 Å². The second-order valence-electron chi connectivity index (χ2n) is 5.64. The number of carbonyl (C=O) groups is 1. The maximum atomic E-state index is 12.2. The molecule has 5 heteroatoms. The Bertz CT molecular complexity index is 939. The molecule has 4 nitrogen and oxygen atoms in total. The molecule has 3 rings (SSSR count). The number of fused-ring (bicyclic) bond motifs is 1. The van der Waals surface area contributed by atoms with Crippen molar-refractivity contribution < 1.29 is 9.53 Å². The minimum Gasteiger partial charge on any atom is -0.484 e. The summed E-state index contributed by atoms with van der Waals surface area (Å²) in [6.07, 6.45) is 0. The molecule has 0 N–H and O–H groups in total. The molecule has 1 amide bonds. The second kappa shape index (κ2) is 7.01. The van der Waals surface area contributed by atoms with Gasteiger partial charge in [-0.3, -0.25) is 4.79 Å². The first-order valence-electron chi connectivity index (χ1n) is 7.94. The number of hydrogen-bond acceptors (Lipinski definition) is 3. The summed E-state index contributed by atoms with van der Waals surface area (Å²) < 4.78 is 8.70. The molecule has 0 aliphatic carbocycles. The normalized spacial score (nSPS) is 11.9. The van der Waals surface area contributed by atoms with Crippen molar-refractivity contribution in [3.05, 3.63) is 58.4 Å². The lowest BCUT2D eigenvalue weighted by atomic mass is 10.1. The maximum absolute atomic E-state index is 12.2. The molecular formula is C19H20N2O2S. The molecule has 124 valence electrons. The molecule has 0 spiro atoms. The minimum absolute atomic E-state index is 0.0555. The van der Waals surface area contributed by atoms with Crippen molar-refractivity contribution >= 4 is 27.5 Å². The van der Waals surface area contributed by atoms with Gasteiger partial charge in [0.15, 0.2) is 11.4 Å². The summed E-state index contributed by atoms with van der Waals surface area (Å²) in [5.41, 5.74) is 3.62. The fraction of sp³-hybridized carbons (Fsp3) is 0.263. The zero-order chi connectivity index (χ0) is 17.1. The van der Waals surface area contributed by atoms with Gasteiger partial charge in [-0.15, -0.1) is 0 Å². The number of benzene rings is 2. The number of carbonyl (C=O) groups excluding carboxylic acids is 1. The Morgan fingerprint density at radius 2 is 1.88 bits per heavy atom. The van der Waals surface area contributed by atoms with E-state index in [1.54, 1.807) is 11.3 Å². The van der Waals surface area contributed by atoms with Gasteiger partial charge in [-0.2, -0.15) is 4.99 Å². The lowest BCUT2D eigenvalue weighted by Crippen LogP contribution is -2.18. The maximum Gasteiger partial charge on any atom is 0.286 e. The Hall–Kier alpha value is -2.40. The number of aromatic nitrogens is 1. The predicted molar refractivity (Wildman–Crippen MR) is 97.5 cm³/mol. The molecule has 0 saturated heterocycles. The summed E-state index contributed by atoms with van der Waals surface area (Å²) in [4.78, 5) is 17.1. The van der Waals surface area contributed by atoms with Gasteiger partial charge >= 0.3 is 0 Å². The van der Waals surface area contributed by atoms with Gasteiger partial charge in [0.25, 0.3) is 5.91 Å². The summed E-state index contributed by atoms with van der Waals surface area (Å²) in [5.74, 6) is 0.396. The standard InChI is InChI=1S/C19H20N2O2S/c1-4-21-16-10-13(2)14(3)11-17(16)24-19(21)20-18(22)12-23-15-8-6-5-7-9-15/h5-11H,4,12H2,1-3H3. The van der Waals surface area contributed by atoms with E-state index >= 15 is 0 Å². The van der Waals surface area contributed by atoms with Crippen molar-refractivity contribution in [3.8, 4) is 5.75 Å². The van der Waals surface area contributed by atoms with E-state index in [1.807, 2.05) is 30.3 Å². The Balaban J connectivity index is 1.90.